The fourth-order valence-electron chi connectivity index (χ4n) is 3.06. The Kier molecular flexibility index (Phi) is 5.58. The molecule has 2 rings (SSSR count). The van der Waals surface area contributed by atoms with Gasteiger partial charge in [-0.15, -0.1) is 0 Å². The predicted molar refractivity (Wildman–Crippen MR) is 82.6 cm³/mol. The Hall–Kier alpha value is -2.11. The van der Waals surface area contributed by atoms with E-state index in [0.29, 0.717) is 37.0 Å². The maximum absolute atomic E-state index is 13.4. The molecule has 1 fully saturated rings. The van der Waals surface area contributed by atoms with Crippen molar-refractivity contribution in [1.82, 2.24) is 5.32 Å². The Morgan fingerprint density at radius 3 is 2.43 bits per heavy atom. The van der Waals surface area contributed by atoms with Crippen LogP contribution in [-0.2, 0) is 9.59 Å². The minimum Gasteiger partial charge on any atom is -0.496 e. The summed E-state index contributed by atoms with van der Waals surface area (Å²) < 4.78 is 18.6. The fraction of sp³-hybridized carbons (Fsp3) is 0.529. The van der Waals surface area contributed by atoms with E-state index in [0.717, 1.165) is 0 Å². The van der Waals surface area contributed by atoms with Gasteiger partial charge in [-0.25, -0.2) is 4.39 Å². The summed E-state index contributed by atoms with van der Waals surface area (Å²) in [5, 5.41) is 11.9. The summed E-state index contributed by atoms with van der Waals surface area (Å²) in [6.45, 7) is 1.78. The first kappa shape index (κ1) is 17.2. The third-order valence-corrected chi connectivity index (χ3v) is 4.46. The van der Waals surface area contributed by atoms with Crippen molar-refractivity contribution in [2.45, 2.75) is 38.6 Å². The van der Waals surface area contributed by atoms with E-state index in [2.05, 4.69) is 5.32 Å². The molecule has 1 aromatic carbocycles. The number of carboxylic acids is 1. The zero-order valence-corrected chi connectivity index (χ0v) is 13.3. The second kappa shape index (κ2) is 7.44. The first-order valence-electron chi connectivity index (χ1n) is 7.79. The Labute approximate surface area is 134 Å². The normalized spacial score (nSPS) is 22.2. The highest BCUT2D eigenvalue weighted by atomic mass is 19.1. The van der Waals surface area contributed by atoms with Gasteiger partial charge in [0, 0.05) is 11.5 Å². The summed E-state index contributed by atoms with van der Waals surface area (Å²) in [5.74, 6) is -1.31. The van der Waals surface area contributed by atoms with Gasteiger partial charge in [0.1, 0.15) is 11.6 Å². The summed E-state index contributed by atoms with van der Waals surface area (Å²) in [4.78, 5) is 23.3. The molecule has 0 saturated heterocycles. The summed E-state index contributed by atoms with van der Waals surface area (Å²) in [5.41, 5.74) is 0.583. The van der Waals surface area contributed by atoms with Gasteiger partial charge in [0.15, 0.2) is 0 Å². The van der Waals surface area contributed by atoms with Gasteiger partial charge in [0.05, 0.1) is 19.1 Å². The van der Waals surface area contributed by atoms with Crippen molar-refractivity contribution >= 4 is 11.9 Å². The van der Waals surface area contributed by atoms with Crippen LogP contribution in [0.1, 0.15) is 44.2 Å². The Morgan fingerprint density at radius 1 is 1.26 bits per heavy atom. The highest BCUT2D eigenvalue weighted by Crippen LogP contribution is 2.31. The molecule has 0 aromatic heterocycles. The second-order valence-electron chi connectivity index (χ2n) is 6.00. The lowest BCUT2D eigenvalue weighted by molar-refractivity contribution is -0.144. The Bertz CT molecular complexity index is 582. The number of benzene rings is 1. The predicted octanol–water partition coefficient (Wildman–Crippen LogP) is 2.90. The lowest BCUT2D eigenvalue weighted by Crippen LogP contribution is -2.35. The van der Waals surface area contributed by atoms with Gasteiger partial charge in [-0.1, -0.05) is 0 Å². The molecule has 0 bridgehead atoms. The summed E-state index contributed by atoms with van der Waals surface area (Å²) in [6, 6.07) is 3.81. The van der Waals surface area contributed by atoms with Crippen molar-refractivity contribution < 1.29 is 23.8 Å². The van der Waals surface area contributed by atoms with Crippen molar-refractivity contribution in [1.29, 1.82) is 0 Å². The van der Waals surface area contributed by atoms with Crippen LogP contribution in [0.25, 0.3) is 0 Å². The molecule has 0 unspecified atom stereocenters. The number of carbonyl (C=O) groups excluding carboxylic acids is 1. The molecule has 1 aliphatic carbocycles. The highest BCUT2D eigenvalue weighted by molar-refractivity contribution is 5.79. The molecule has 6 heteroatoms. The first-order valence-corrected chi connectivity index (χ1v) is 7.79. The number of rotatable bonds is 5. The zero-order valence-electron chi connectivity index (χ0n) is 13.3. The molecule has 5 nitrogen and oxygen atoms in total. The van der Waals surface area contributed by atoms with E-state index in [-0.39, 0.29) is 29.6 Å². The number of methoxy groups -OCH3 is 1. The number of halogens is 1. The molecule has 1 saturated carbocycles. The largest absolute Gasteiger partial charge is 0.496 e. The van der Waals surface area contributed by atoms with E-state index in [1.54, 1.807) is 6.92 Å². The molecule has 0 spiro atoms. The molecule has 126 valence electrons. The van der Waals surface area contributed by atoms with Gasteiger partial charge >= 0.3 is 5.97 Å². The second-order valence-corrected chi connectivity index (χ2v) is 6.00. The standard InChI is InChI=1S/C17H22FNO4/c1-10(14-9-13(18)7-8-15(14)23-2)19-16(20)11-3-5-12(6-4-11)17(21)22/h7-12H,3-6H2,1-2H3,(H,19,20)(H,21,22)/t10-,11?,12?/m0/s1. The van der Waals surface area contributed by atoms with Crippen LogP contribution in [0, 0.1) is 17.7 Å². The number of carboxylic acid groups (broad SMARTS) is 1. The molecular formula is C17H22FNO4. The lowest BCUT2D eigenvalue weighted by Gasteiger charge is -2.27. The van der Waals surface area contributed by atoms with Gasteiger partial charge in [-0.2, -0.15) is 0 Å². The summed E-state index contributed by atoms with van der Waals surface area (Å²) in [6.07, 6.45) is 2.17. The minimum absolute atomic E-state index is 0.118. The Balaban J connectivity index is 1.98. The van der Waals surface area contributed by atoms with Crippen molar-refractivity contribution in [3.05, 3.63) is 29.6 Å². The summed E-state index contributed by atoms with van der Waals surface area (Å²) >= 11 is 0. The van der Waals surface area contributed by atoms with Gasteiger partial charge in [-0.05, 0) is 50.8 Å². The molecule has 0 radical (unpaired) electrons. The van der Waals surface area contributed by atoms with Crippen LogP contribution in [0.3, 0.4) is 0 Å². The van der Waals surface area contributed by atoms with Gasteiger partial charge < -0.3 is 15.2 Å². The van der Waals surface area contributed by atoms with Crippen LogP contribution in [0.2, 0.25) is 0 Å². The van der Waals surface area contributed by atoms with E-state index >= 15 is 0 Å². The van der Waals surface area contributed by atoms with Crippen LogP contribution in [-0.4, -0.2) is 24.1 Å². The van der Waals surface area contributed by atoms with E-state index in [4.69, 9.17) is 9.84 Å². The monoisotopic (exact) mass is 323 g/mol. The minimum atomic E-state index is -0.790. The molecule has 2 N–H and O–H groups in total. The average Bonchev–Trinajstić information content (AvgIpc) is 2.54. The number of amides is 1. The van der Waals surface area contributed by atoms with Crippen LogP contribution in [0.4, 0.5) is 4.39 Å². The van der Waals surface area contributed by atoms with E-state index in [1.807, 2.05) is 0 Å². The van der Waals surface area contributed by atoms with E-state index < -0.39 is 5.97 Å². The van der Waals surface area contributed by atoms with E-state index in [9.17, 15) is 14.0 Å². The van der Waals surface area contributed by atoms with Crippen LogP contribution in [0.15, 0.2) is 18.2 Å². The maximum atomic E-state index is 13.4. The highest BCUT2D eigenvalue weighted by Gasteiger charge is 2.30. The van der Waals surface area contributed by atoms with Crippen molar-refractivity contribution in [3.63, 3.8) is 0 Å². The molecule has 1 atom stereocenters. The molecule has 1 aliphatic rings. The van der Waals surface area contributed by atoms with Crippen LogP contribution in [0.5, 0.6) is 5.75 Å². The Morgan fingerprint density at radius 2 is 1.87 bits per heavy atom. The van der Waals surface area contributed by atoms with Crippen molar-refractivity contribution in [2.24, 2.45) is 11.8 Å². The SMILES string of the molecule is COc1ccc(F)cc1[C@H](C)NC(=O)C1CCC(C(=O)O)CC1. The molecule has 23 heavy (non-hydrogen) atoms. The number of ether oxygens (including phenoxy) is 1. The molecule has 1 amide bonds. The number of nitrogens with one attached hydrogen (secondary N) is 1. The van der Waals surface area contributed by atoms with Gasteiger partial charge in [0.25, 0.3) is 0 Å². The fourth-order valence-corrected chi connectivity index (χ4v) is 3.06. The maximum Gasteiger partial charge on any atom is 0.306 e. The molecule has 0 heterocycles. The quantitative estimate of drug-likeness (QED) is 0.873. The third-order valence-electron chi connectivity index (χ3n) is 4.46. The topological polar surface area (TPSA) is 75.6 Å². The number of hydrogen-bond acceptors (Lipinski definition) is 3. The van der Waals surface area contributed by atoms with E-state index in [1.165, 1.54) is 25.3 Å². The number of aliphatic carboxylic acids is 1. The average molecular weight is 323 g/mol. The van der Waals surface area contributed by atoms with Crippen LogP contribution < -0.4 is 10.1 Å². The van der Waals surface area contributed by atoms with Crippen molar-refractivity contribution in [2.75, 3.05) is 7.11 Å². The molecule has 0 aliphatic heterocycles. The zero-order chi connectivity index (χ0) is 17.0. The van der Waals surface area contributed by atoms with Crippen molar-refractivity contribution in [3.8, 4) is 5.75 Å². The van der Waals surface area contributed by atoms with Gasteiger partial charge in [-0.3, -0.25) is 9.59 Å². The smallest absolute Gasteiger partial charge is 0.306 e. The van der Waals surface area contributed by atoms with Gasteiger partial charge in [0.2, 0.25) is 5.91 Å². The lowest BCUT2D eigenvalue weighted by atomic mass is 9.81. The third kappa shape index (κ3) is 4.21. The number of carbonyl (C=O) groups is 2. The molecule has 1 aromatic rings. The van der Waals surface area contributed by atoms with Crippen LogP contribution >= 0.6 is 0 Å². The first-order chi connectivity index (χ1) is 10.9. The summed E-state index contributed by atoms with van der Waals surface area (Å²) in [7, 11) is 1.50. The molecular weight excluding hydrogens is 301 g/mol. The number of hydrogen-bond donors (Lipinski definition) is 2.